The zero-order valence-corrected chi connectivity index (χ0v) is 16.5. The van der Waals surface area contributed by atoms with Gasteiger partial charge < -0.3 is 11.1 Å². The zero-order valence-electron chi connectivity index (χ0n) is 15.7. The summed E-state index contributed by atoms with van der Waals surface area (Å²) in [5.74, 6) is -0.587. The normalized spacial score (nSPS) is 18.9. The molecule has 10 heteroatoms. The standard InChI is InChI=1S/C19H21F3N4O2.ClH/c1-11-9-16(27)17(18(28)24-14-7-4-5-12(14)10-23)25-26(11)15-8-3-2-6-13(15)19(20,21)22;/h2-3,6,8-9,12,14H,4-5,7,10,23H2,1H3,(H,24,28);1H. The maximum absolute atomic E-state index is 13.4. The van der Waals surface area contributed by atoms with E-state index in [0.717, 1.165) is 36.1 Å². The zero-order chi connectivity index (χ0) is 20.5. The lowest BCUT2D eigenvalue weighted by Gasteiger charge is -2.20. The van der Waals surface area contributed by atoms with Crippen molar-refractivity contribution in [2.24, 2.45) is 11.7 Å². The summed E-state index contributed by atoms with van der Waals surface area (Å²) >= 11 is 0. The molecule has 0 spiro atoms. The largest absolute Gasteiger partial charge is 0.418 e. The summed E-state index contributed by atoms with van der Waals surface area (Å²) in [6.45, 7) is 1.88. The number of hydrogen-bond acceptors (Lipinski definition) is 4. The van der Waals surface area contributed by atoms with Gasteiger partial charge in [-0.2, -0.15) is 18.3 Å². The van der Waals surface area contributed by atoms with Crippen molar-refractivity contribution in [3.8, 4) is 5.69 Å². The minimum atomic E-state index is -4.60. The lowest BCUT2D eigenvalue weighted by atomic mass is 10.0. The third kappa shape index (κ3) is 4.79. The number of aromatic nitrogens is 2. The Bertz CT molecular complexity index is 946. The molecule has 3 N–H and O–H groups in total. The number of benzene rings is 1. The van der Waals surface area contributed by atoms with Gasteiger partial charge in [-0.25, -0.2) is 4.68 Å². The van der Waals surface area contributed by atoms with Gasteiger partial charge in [0.15, 0.2) is 5.69 Å². The molecule has 1 saturated carbocycles. The Morgan fingerprint density at radius 1 is 1.31 bits per heavy atom. The first-order valence-electron chi connectivity index (χ1n) is 9.01. The number of carbonyl (C=O) groups excluding carboxylic acids is 1. The number of para-hydroxylation sites is 1. The van der Waals surface area contributed by atoms with Gasteiger partial charge in [0.2, 0.25) is 5.43 Å². The van der Waals surface area contributed by atoms with Crippen LogP contribution in [0.25, 0.3) is 5.69 Å². The highest BCUT2D eigenvalue weighted by Crippen LogP contribution is 2.33. The second-order valence-corrected chi connectivity index (χ2v) is 6.93. The van der Waals surface area contributed by atoms with Crippen LogP contribution in [0.1, 0.15) is 41.0 Å². The number of rotatable bonds is 4. The lowest BCUT2D eigenvalue weighted by Crippen LogP contribution is -2.42. The number of alkyl halides is 3. The Balaban J connectivity index is 0.00000300. The third-order valence-electron chi connectivity index (χ3n) is 5.04. The van der Waals surface area contributed by atoms with E-state index in [1.807, 2.05) is 0 Å². The van der Waals surface area contributed by atoms with E-state index >= 15 is 0 Å². The van der Waals surface area contributed by atoms with Crippen LogP contribution >= 0.6 is 12.4 Å². The van der Waals surface area contributed by atoms with Gasteiger partial charge in [-0.05, 0) is 44.4 Å². The van der Waals surface area contributed by atoms with Gasteiger partial charge in [-0.15, -0.1) is 12.4 Å². The van der Waals surface area contributed by atoms with Crippen molar-refractivity contribution < 1.29 is 18.0 Å². The predicted octanol–water partition coefficient (Wildman–Crippen LogP) is 2.84. The first-order chi connectivity index (χ1) is 13.2. The fraction of sp³-hybridized carbons (Fsp3) is 0.421. The molecule has 6 nitrogen and oxygen atoms in total. The Labute approximate surface area is 171 Å². The van der Waals surface area contributed by atoms with Crippen molar-refractivity contribution in [1.82, 2.24) is 15.1 Å². The summed E-state index contributed by atoms with van der Waals surface area (Å²) in [5.41, 5.74) is 3.67. The number of carbonyl (C=O) groups is 1. The molecule has 158 valence electrons. The van der Waals surface area contributed by atoms with Gasteiger partial charge in [-0.3, -0.25) is 9.59 Å². The molecule has 0 radical (unpaired) electrons. The van der Waals surface area contributed by atoms with E-state index in [9.17, 15) is 22.8 Å². The average molecular weight is 431 g/mol. The van der Waals surface area contributed by atoms with Crippen LogP contribution in [0.15, 0.2) is 35.1 Å². The van der Waals surface area contributed by atoms with Crippen LogP contribution in [-0.2, 0) is 6.18 Å². The number of hydrogen-bond donors (Lipinski definition) is 2. The van der Waals surface area contributed by atoms with E-state index in [-0.39, 0.29) is 35.7 Å². The third-order valence-corrected chi connectivity index (χ3v) is 5.04. The first-order valence-corrected chi connectivity index (χ1v) is 9.01. The molecule has 2 atom stereocenters. The Hall–Kier alpha value is -2.39. The predicted molar refractivity (Wildman–Crippen MR) is 104 cm³/mol. The van der Waals surface area contributed by atoms with Crippen LogP contribution in [0.2, 0.25) is 0 Å². The van der Waals surface area contributed by atoms with Crippen molar-refractivity contribution >= 4 is 18.3 Å². The summed E-state index contributed by atoms with van der Waals surface area (Å²) < 4.78 is 41.1. The van der Waals surface area contributed by atoms with Gasteiger partial charge in [0, 0.05) is 17.8 Å². The Kier molecular flexibility index (Phi) is 7.07. The quantitative estimate of drug-likeness (QED) is 0.780. The molecule has 0 aliphatic heterocycles. The first kappa shape index (κ1) is 22.9. The number of nitrogens with one attached hydrogen (secondary N) is 1. The van der Waals surface area contributed by atoms with E-state index in [2.05, 4.69) is 10.4 Å². The second kappa shape index (κ2) is 8.96. The summed E-state index contributed by atoms with van der Waals surface area (Å²) in [6, 6.07) is 5.83. The summed E-state index contributed by atoms with van der Waals surface area (Å²) in [7, 11) is 0. The van der Waals surface area contributed by atoms with Gasteiger partial charge in [-0.1, -0.05) is 18.6 Å². The SMILES string of the molecule is Cc1cc(=O)c(C(=O)NC2CCCC2CN)nn1-c1ccccc1C(F)(F)F.Cl. The van der Waals surface area contributed by atoms with Gasteiger partial charge in [0.1, 0.15) is 0 Å². The highest BCUT2D eigenvalue weighted by Gasteiger charge is 2.34. The molecule has 1 fully saturated rings. The monoisotopic (exact) mass is 430 g/mol. The molecule has 1 heterocycles. The molecule has 1 aliphatic rings. The van der Waals surface area contributed by atoms with E-state index in [4.69, 9.17) is 5.73 Å². The summed E-state index contributed by atoms with van der Waals surface area (Å²) in [4.78, 5) is 24.9. The maximum atomic E-state index is 13.4. The van der Waals surface area contributed by atoms with E-state index < -0.39 is 28.8 Å². The molecule has 0 saturated heterocycles. The highest BCUT2D eigenvalue weighted by molar-refractivity contribution is 5.92. The molecular weight excluding hydrogens is 409 g/mol. The minimum absolute atomic E-state index is 0. The fourth-order valence-electron chi connectivity index (χ4n) is 3.59. The smallest absolute Gasteiger partial charge is 0.347 e. The van der Waals surface area contributed by atoms with Crippen LogP contribution in [0, 0.1) is 12.8 Å². The molecule has 3 rings (SSSR count). The average Bonchev–Trinajstić information content (AvgIpc) is 3.08. The van der Waals surface area contributed by atoms with Gasteiger partial charge in [0.05, 0.1) is 11.3 Å². The molecule has 1 aromatic carbocycles. The Morgan fingerprint density at radius 3 is 2.66 bits per heavy atom. The number of nitrogens with zero attached hydrogens (tertiary/aromatic N) is 2. The molecule has 0 bridgehead atoms. The second-order valence-electron chi connectivity index (χ2n) is 6.93. The Morgan fingerprint density at radius 2 is 2.00 bits per heavy atom. The van der Waals surface area contributed by atoms with Crippen LogP contribution in [-0.4, -0.2) is 28.3 Å². The summed E-state index contributed by atoms with van der Waals surface area (Å²) in [5, 5.41) is 6.73. The lowest BCUT2D eigenvalue weighted by molar-refractivity contribution is -0.137. The van der Waals surface area contributed by atoms with Gasteiger partial charge in [0.25, 0.3) is 5.91 Å². The number of amides is 1. The number of aryl methyl sites for hydroxylation is 1. The van der Waals surface area contributed by atoms with E-state index in [1.165, 1.54) is 25.1 Å². The van der Waals surface area contributed by atoms with Crippen molar-refractivity contribution in [2.75, 3.05) is 6.54 Å². The molecular formula is C19H22ClF3N4O2. The maximum Gasteiger partial charge on any atom is 0.418 e. The van der Waals surface area contributed by atoms with E-state index in [0.29, 0.717) is 6.54 Å². The van der Waals surface area contributed by atoms with Crippen molar-refractivity contribution in [3.63, 3.8) is 0 Å². The van der Waals surface area contributed by atoms with Gasteiger partial charge >= 0.3 is 6.18 Å². The van der Waals surface area contributed by atoms with Crippen LogP contribution in [0.3, 0.4) is 0 Å². The molecule has 2 unspecified atom stereocenters. The molecule has 1 aromatic heterocycles. The summed E-state index contributed by atoms with van der Waals surface area (Å²) in [6.07, 6.45) is -2.07. The molecule has 1 aliphatic carbocycles. The molecule has 2 aromatic rings. The van der Waals surface area contributed by atoms with Crippen LogP contribution in [0.5, 0.6) is 0 Å². The van der Waals surface area contributed by atoms with Crippen molar-refractivity contribution in [1.29, 1.82) is 0 Å². The highest BCUT2D eigenvalue weighted by atomic mass is 35.5. The van der Waals surface area contributed by atoms with Crippen LogP contribution in [0.4, 0.5) is 13.2 Å². The molecule has 29 heavy (non-hydrogen) atoms. The minimum Gasteiger partial charge on any atom is -0.347 e. The number of nitrogens with two attached hydrogens (primary N) is 1. The van der Waals surface area contributed by atoms with E-state index in [1.54, 1.807) is 0 Å². The van der Waals surface area contributed by atoms with Crippen molar-refractivity contribution in [3.05, 3.63) is 57.5 Å². The number of halogens is 4. The fourth-order valence-corrected chi connectivity index (χ4v) is 3.59. The van der Waals surface area contributed by atoms with Crippen molar-refractivity contribution in [2.45, 2.75) is 38.4 Å². The molecule has 1 amide bonds. The van der Waals surface area contributed by atoms with Crippen LogP contribution < -0.4 is 16.5 Å². The topological polar surface area (TPSA) is 90.0 Å².